The summed E-state index contributed by atoms with van der Waals surface area (Å²) in [7, 11) is 0. The van der Waals surface area contributed by atoms with Crippen molar-refractivity contribution in [2.75, 3.05) is 0 Å². The zero-order valence-electron chi connectivity index (χ0n) is 13.2. The fourth-order valence-corrected chi connectivity index (χ4v) is 3.25. The van der Waals surface area contributed by atoms with Gasteiger partial charge in [0.1, 0.15) is 0 Å². The first-order valence-electron chi connectivity index (χ1n) is 7.71. The number of carbonyl (C=O) groups is 2. The molecule has 0 unspecified atom stereocenters. The first-order valence-corrected chi connectivity index (χ1v) is 7.71. The summed E-state index contributed by atoms with van der Waals surface area (Å²) >= 11 is 0. The summed E-state index contributed by atoms with van der Waals surface area (Å²) in [5.74, 6) is -0.780. The molecule has 0 aliphatic heterocycles. The van der Waals surface area contributed by atoms with Crippen LogP contribution in [-0.4, -0.2) is 11.8 Å². The molecule has 0 radical (unpaired) electrons. The van der Waals surface area contributed by atoms with Crippen LogP contribution in [0.3, 0.4) is 0 Å². The Morgan fingerprint density at radius 1 is 1.18 bits per heavy atom. The van der Waals surface area contributed by atoms with Gasteiger partial charge in [-0.25, -0.2) is 0 Å². The lowest BCUT2D eigenvalue weighted by Gasteiger charge is -2.45. The zero-order valence-corrected chi connectivity index (χ0v) is 13.2. The Morgan fingerprint density at radius 3 is 2.41 bits per heavy atom. The molecule has 22 heavy (non-hydrogen) atoms. The molecule has 0 heterocycles. The first kappa shape index (κ1) is 16.2. The number of nitrogens with one attached hydrogen (secondary N) is 1. The van der Waals surface area contributed by atoms with Crippen LogP contribution in [0.5, 0.6) is 0 Å². The number of hydrogen-bond donors (Lipinski definition) is 1. The van der Waals surface area contributed by atoms with Crippen LogP contribution in [0.4, 0.5) is 0 Å². The second-order valence-electron chi connectivity index (χ2n) is 6.71. The third kappa shape index (κ3) is 3.19. The van der Waals surface area contributed by atoms with Crippen LogP contribution < -0.4 is 5.32 Å². The number of amides is 2. The smallest absolute Gasteiger partial charge is 0.257 e. The highest BCUT2D eigenvalue weighted by Gasteiger charge is 2.48. The number of nitrogens with zero attached hydrogens (tertiary/aromatic N) is 1. The van der Waals surface area contributed by atoms with Crippen LogP contribution in [0, 0.1) is 22.2 Å². The molecule has 1 aromatic carbocycles. The van der Waals surface area contributed by atoms with E-state index in [1.165, 1.54) is 0 Å². The van der Waals surface area contributed by atoms with Crippen LogP contribution >= 0.6 is 0 Å². The fourth-order valence-electron chi connectivity index (χ4n) is 3.25. The molecular formula is C18H22N2O2. The van der Waals surface area contributed by atoms with Crippen LogP contribution in [0.1, 0.15) is 56.3 Å². The molecule has 0 spiro atoms. The number of nitriles is 1. The van der Waals surface area contributed by atoms with E-state index in [4.69, 9.17) is 0 Å². The Balaban J connectivity index is 2.07. The third-order valence-corrected chi connectivity index (χ3v) is 4.92. The molecule has 2 rings (SSSR count). The molecule has 116 valence electrons. The number of hydrogen-bond acceptors (Lipinski definition) is 3. The Hall–Kier alpha value is -2.15. The monoisotopic (exact) mass is 298 g/mol. The topological polar surface area (TPSA) is 70.0 Å². The van der Waals surface area contributed by atoms with Gasteiger partial charge in [0, 0.05) is 12.0 Å². The van der Waals surface area contributed by atoms with Crippen molar-refractivity contribution in [3.63, 3.8) is 0 Å². The molecule has 1 atom stereocenters. The van der Waals surface area contributed by atoms with Crippen molar-refractivity contribution in [2.45, 2.75) is 46.0 Å². The minimum Gasteiger partial charge on any atom is -0.292 e. The second-order valence-corrected chi connectivity index (χ2v) is 6.71. The largest absolute Gasteiger partial charge is 0.292 e. The lowest BCUT2D eigenvalue weighted by Crippen LogP contribution is -2.44. The predicted octanol–water partition coefficient (Wildman–Crippen LogP) is 3.44. The summed E-state index contributed by atoms with van der Waals surface area (Å²) in [4.78, 5) is 24.3. The third-order valence-electron chi connectivity index (χ3n) is 4.92. The molecular weight excluding hydrogens is 276 g/mol. The van der Waals surface area contributed by atoms with E-state index < -0.39 is 11.3 Å². The van der Waals surface area contributed by atoms with Crippen LogP contribution in [0.2, 0.25) is 0 Å². The predicted molar refractivity (Wildman–Crippen MR) is 83.8 cm³/mol. The van der Waals surface area contributed by atoms with Gasteiger partial charge in [-0.15, -0.1) is 0 Å². The van der Waals surface area contributed by atoms with E-state index in [1.54, 1.807) is 24.3 Å². The molecule has 0 saturated heterocycles. The van der Waals surface area contributed by atoms with Gasteiger partial charge in [0.05, 0.1) is 11.5 Å². The highest BCUT2D eigenvalue weighted by atomic mass is 16.2. The van der Waals surface area contributed by atoms with Crippen molar-refractivity contribution in [3.05, 3.63) is 35.9 Å². The Labute approximate surface area is 131 Å². The van der Waals surface area contributed by atoms with Crippen molar-refractivity contribution in [3.8, 4) is 6.07 Å². The van der Waals surface area contributed by atoms with E-state index in [-0.39, 0.29) is 17.7 Å². The van der Waals surface area contributed by atoms with E-state index in [0.29, 0.717) is 12.0 Å². The highest BCUT2D eigenvalue weighted by Crippen LogP contribution is 2.52. The summed E-state index contributed by atoms with van der Waals surface area (Å²) in [6.07, 6.45) is 3.76. The number of benzene rings is 1. The van der Waals surface area contributed by atoms with Gasteiger partial charge in [0.2, 0.25) is 5.91 Å². The van der Waals surface area contributed by atoms with Gasteiger partial charge in [-0.2, -0.15) is 5.26 Å². The zero-order chi connectivity index (χ0) is 16.2. The summed E-state index contributed by atoms with van der Waals surface area (Å²) in [6.45, 7) is 4.09. The molecule has 1 aromatic rings. The van der Waals surface area contributed by atoms with Gasteiger partial charge < -0.3 is 0 Å². The Kier molecular flexibility index (Phi) is 4.65. The number of carbonyl (C=O) groups excluding carboxylic acids is 2. The van der Waals surface area contributed by atoms with Crippen molar-refractivity contribution in [1.29, 1.82) is 5.26 Å². The van der Waals surface area contributed by atoms with Gasteiger partial charge in [-0.3, -0.25) is 14.9 Å². The molecule has 1 saturated carbocycles. The van der Waals surface area contributed by atoms with Crippen molar-refractivity contribution in [1.82, 2.24) is 5.32 Å². The first-order chi connectivity index (χ1) is 10.4. The van der Waals surface area contributed by atoms with E-state index in [2.05, 4.69) is 11.4 Å². The maximum atomic E-state index is 12.3. The average molecular weight is 298 g/mol. The quantitative estimate of drug-likeness (QED) is 0.929. The molecule has 1 aliphatic carbocycles. The molecule has 2 amide bonds. The second kappa shape index (κ2) is 6.31. The minimum atomic E-state index is -0.688. The molecule has 0 bridgehead atoms. The lowest BCUT2D eigenvalue weighted by molar-refractivity contribution is -0.124. The van der Waals surface area contributed by atoms with E-state index in [9.17, 15) is 14.9 Å². The van der Waals surface area contributed by atoms with Crippen LogP contribution in [-0.2, 0) is 4.79 Å². The lowest BCUT2D eigenvalue weighted by atomic mass is 9.57. The molecule has 4 heteroatoms. The van der Waals surface area contributed by atoms with Crippen LogP contribution in [0.15, 0.2) is 30.3 Å². The number of imide groups is 1. The molecule has 1 aliphatic rings. The SMILES string of the molecule is CC1(C)CCCC[C@@]1(C#N)CC(=O)NC(=O)c1ccccc1. The van der Waals surface area contributed by atoms with Gasteiger partial charge in [0.15, 0.2) is 0 Å². The molecule has 4 nitrogen and oxygen atoms in total. The average Bonchev–Trinajstić information content (AvgIpc) is 2.50. The number of rotatable bonds is 3. The molecule has 1 N–H and O–H groups in total. The maximum absolute atomic E-state index is 12.3. The highest BCUT2D eigenvalue weighted by molar-refractivity contribution is 6.04. The summed E-state index contributed by atoms with van der Waals surface area (Å²) in [6, 6.07) is 11.0. The van der Waals surface area contributed by atoms with Crippen LogP contribution in [0.25, 0.3) is 0 Å². The normalized spacial score (nSPS) is 23.3. The standard InChI is InChI=1S/C18H22N2O2/c1-17(2)10-6-7-11-18(17,13-19)12-15(21)20-16(22)14-8-4-3-5-9-14/h3-5,8-9H,6-7,10-12H2,1-2H3,(H,20,21,22)/t18-/m0/s1. The summed E-state index contributed by atoms with van der Waals surface area (Å²) in [5, 5.41) is 12.1. The van der Waals surface area contributed by atoms with Crippen molar-refractivity contribution >= 4 is 11.8 Å². The van der Waals surface area contributed by atoms with Gasteiger partial charge >= 0.3 is 0 Å². The van der Waals surface area contributed by atoms with Gasteiger partial charge in [0.25, 0.3) is 5.91 Å². The fraction of sp³-hybridized carbons (Fsp3) is 0.500. The molecule has 0 aromatic heterocycles. The summed E-state index contributed by atoms with van der Waals surface area (Å²) in [5.41, 5.74) is -0.454. The van der Waals surface area contributed by atoms with Gasteiger partial charge in [-0.1, -0.05) is 44.9 Å². The van der Waals surface area contributed by atoms with E-state index >= 15 is 0 Å². The maximum Gasteiger partial charge on any atom is 0.257 e. The Bertz CT molecular complexity index is 601. The van der Waals surface area contributed by atoms with Gasteiger partial charge in [-0.05, 0) is 30.4 Å². The van der Waals surface area contributed by atoms with Crippen molar-refractivity contribution < 1.29 is 9.59 Å². The van der Waals surface area contributed by atoms with E-state index in [1.807, 2.05) is 19.9 Å². The van der Waals surface area contributed by atoms with E-state index in [0.717, 1.165) is 19.3 Å². The van der Waals surface area contributed by atoms with Crippen molar-refractivity contribution in [2.24, 2.45) is 10.8 Å². The minimum absolute atomic E-state index is 0.0784. The molecule has 1 fully saturated rings. The summed E-state index contributed by atoms with van der Waals surface area (Å²) < 4.78 is 0. The Morgan fingerprint density at radius 2 is 1.82 bits per heavy atom.